The Kier molecular flexibility index (Phi) is 7.16. The summed E-state index contributed by atoms with van der Waals surface area (Å²) in [5.41, 5.74) is 1.20. The normalized spacial score (nSPS) is 12.9. The molecule has 1 atom stereocenters. The average Bonchev–Trinajstić information content (AvgIpc) is 2.58. The molecule has 0 bridgehead atoms. The lowest BCUT2D eigenvalue weighted by atomic mass is 10.2. The largest absolute Gasteiger partial charge is 0.313 e. The molecule has 0 saturated heterocycles. The second kappa shape index (κ2) is 8.11. The van der Waals surface area contributed by atoms with Crippen LogP contribution in [0.3, 0.4) is 0 Å². The predicted octanol–water partition coefficient (Wildman–Crippen LogP) is 3.42. The molecule has 0 saturated carbocycles. The van der Waals surface area contributed by atoms with E-state index in [1.807, 2.05) is 23.1 Å². The summed E-state index contributed by atoms with van der Waals surface area (Å²) in [4.78, 5) is 5.99. The Morgan fingerprint density at radius 3 is 2.65 bits per heavy atom. The van der Waals surface area contributed by atoms with Gasteiger partial charge >= 0.3 is 0 Å². The van der Waals surface area contributed by atoms with Crippen LogP contribution < -0.4 is 5.32 Å². The molecule has 1 unspecified atom stereocenters. The number of thiazole rings is 1. The minimum absolute atomic E-state index is 0.571. The zero-order valence-electron chi connectivity index (χ0n) is 11.4. The van der Waals surface area contributed by atoms with E-state index in [1.54, 1.807) is 0 Å². The molecule has 1 heterocycles. The van der Waals surface area contributed by atoms with Gasteiger partial charge in [-0.2, -0.15) is 11.8 Å². The Hall–Kier alpha value is -0.0600. The molecule has 0 aromatic carbocycles. The van der Waals surface area contributed by atoms with E-state index in [1.165, 1.54) is 33.5 Å². The van der Waals surface area contributed by atoms with Crippen LogP contribution in [-0.2, 0) is 6.42 Å². The fraction of sp³-hybridized carbons (Fsp3) is 0.769. The first-order chi connectivity index (χ1) is 8.17. The maximum absolute atomic E-state index is 4.63. The zero-order valence-corrected chi connectivity index (χ0v) is 13.0. The van der Waals surface area contributed by atoms with Crippen molar-refractivity contribution >= 4 is 23.1 Å². The second-order valence-electron chi connectivity index (χ2n) is 4.28. The van der Waals surface area contributed by atoms with E-state index in [2.05, 4.69) is 38.0 Å². The number of rotatable bonds is 8. The standard InChI is InChI=1S/C13H24N2S2/c1-5-7-16-9-12(14-6-2)8-13-15-10(3)11(4)17-13/h12,14H,5-9H2,1-4H3. The fourth-order valence-corrected chi connectivity index (χ4v) is 3.68. The Bertz CT molecular complexity index is 304. The van der Waals surface area contributed by atoms with E-state index in [9.17, 15) is 0 Å². The molecule has 0 amide bonds. The summed E-state index contributed by atoms with van der Waals surface area (Å²) >= 11 is 3.89. The van der Waals surface area contributed by atoms with Crippen molar-refractivity contribution in [3.8, 4) is 0 Å². The second-order valence-corrected chi connectivity index (χ2v) is 6.72. The van der Waals surface area contributed by atoms with E-state index < -0.39 is 0 Å². The van der Waals surface area contributed by atoms with Gasteiger partial charge in [-0.25, -0.2) is 4.98 Å². The highest BCUT2D eigenvalue weighted by Crippen LogP contribution is 2.19. The Balaban J connectivity index is 2.47. The Labute approximate surface area is 114 Å². The number of aryl methyl sites for hydroxylation is 2. The van der Waals surface area contributed by atoms with Gasteiger partial charge in [-0.1, -0.05) is 13.8 Å². The third kappa shape index (κ3) is 5.40. The minimum atomic E-state index is 0.571. The van der Waals surface area contributed by atoms with E-state index in [0.717, 1.165) is 13.0 Å². The van der Waals surface area contributed by atoms with Crippen molar-refractivity contribution in [2.45, 2.75) is 46.6 Å². The summed E-state index contributed by atoms with van der Waals surface area (Å²) in [6.45, 7) is 9.72. The number of thioether (sulfide) groups is 1. The van der Waals surface area contributed by atoms with Gasteiger partial charge in [0.25, 0.3) is 0 Å². The van der Waals surface area contributed by atoms with Crippen molar-refractivity contribution in [1.29, 1.82) is 0 Å². The molecule has 0 aliphatic carbocycles. The molecule has 1 N–H and O–H groups in total. The first-order valence-electron chi connectivity index (χ1n) is 6.41. The summed E-state index contributed by atoms with van der Waals surface area (Å²) in [6.07, 6.45) is 2.34. The summed E-state index contributed by atoms with van der Waals surface area (Å²) in [5, 5.41) is 4.85. The molecular weight excluding hydrogens is 248 g/mol. The molecule has 98 valence electrons. The highest BCUT2D eigenvalue weighted by Gasteiger charge is 2.12. The van der Waals surface area contributed by atoms with Gasteiger partial charge in [0.15, 0.2) is 0 Å². The molecule has 4 heteroatoms. The molecule has 0 aliphatic heterocycles. The maximum atomic E-state index is 4.63. The number of nitrogens with zero attached hydrogens (tertiary/aromatic N) is 1. The van der Waals surface area contributed by atoms with Gasteiger partial charge in [0.1, 0.15) is 0 Å². The lowest BCUT2D eigenvalue weighted by Gasteiger charge is -2.15. The van der Waals surface area contributed by atoms with Crippen LogP contribution in [0.2, 0.25) is 0 Å². The van der Waals surface area contributed by atoms with E-state index in [-0.39, 0.29) is 0 Å². The van der Waals surface area contributed by atoms with Crippen LogP contribution in [0.1, 0.15) is 35.8 Å². The smallest absolute Gasteiger partial charge is 0.0946 e. The molecule has 1 aromatic rings. The van der Waals surface area contributed by atoms with Gasteiger partial charge in [-0.3, -0.25) is 0 Å². The van der Waals surface area contributed by atoms with Gasteiger partial charge < -0.3 is 5.32 Å². The summed E-state index contributed by atoms with van der Waals surface area (Å²) in [7, 11) is 0. The van der Waals surface area contributed by atoms with Crippen molar-refractivity contribution in [2.24, 2.45) is 0 Å². The van der Waals surface area contributed by atoms with E-state index in [0.29, 0.717) is 6.04 Å². The van der Waals surface area contributed by atoms with E-state index in [4.69, 9.17) is 0 Å². The summed E-state index contributed by atoms with van der Waals surface area (Å²) in [6, 6.07) is 0.571. The molecule has 1 rings (SSSR count). The lowest BCUT2D eigenvalue weighted by molar-refractivity contribution is 0.571. The lowest BCUT2D eigenvalue weighted by Crippen LogP contribution is -2.33. The van der Waals surface area contributed by atoms with Crippen LogP contribution in [0.5, 0.6) is 0 Å². The molecule has 0 fully saturated rings. The monoisotopic (exact) mass is 272 g/mol. The van der Waals surface area contributed by atoms with Crippen LogP contribution in [0.4, 0.5) is 0 Å². The third-order valence-corrected chi connectivity index (χ3v) is 5.08. The fourth-order valence-electron chi connectivity index (χ4n) is 1.69. The number of likely N-dealkylation sites (N-methyl/N-ethyl adjacent to an activating group) is 1. The average molecular weight is 272 g/mol. The number of hydrogen-bond donors (Lipinski definition) is 1. The van der Waals surface area contributed by atoms with Crippen LogP contribution in [-0.4, -0.2) is 29.1 Å². The van der Waals surface area contributed by atoms with Gasteiger partial charge in [0.05, 0.1) is 10.7 Å². The quantitative estimate of drug-likeness (QED) is 0.734. The topological polar surface area (TPSA) is 24.9 Å². The summed E-state index contributed by atoms with van der Waals surface area (Å²) < 4.78 is 0. The number of nitrogens with one attached hydrogen (secondary N) is 1. The SMILES string of the molecule is CCCSCC(Cc1nc(C)c(C)s1)NCC. The van der Waals surface area contributed by atoms with Gasteiger partial charge in [0.2, 0.25) is 0 Å². The van der Waals surface area contributed by atoms with Crippen molar-refractivity contribution in [1.82, 2.24) is 10.3 Å². The maximum Gasteiger partial charge on any atom is 0.0946 e. The van der Waals surface area contributed by atoms with Crippen molar-refractivity contribution in [2.75, 3.05) is 18.1 Å². The molecule has 0 aliphatic rings. The molecule has 0 spiro atoms. The summed E-state index contributed by atoms with van der Waals surface area (Å²) in [5.74, 6) is 2.46. The first-order valence-corrected chi connectivity index (χ1v) is 8.38. The Morgan fingerprint density at radius 2 is 2.12 bits per heavy atom. The highest BCUT2D eigenvalue weighted by molar-refractivity contribution is 7.99. The van der Waals surface area contributed by atoms with Crippen LogP contribution >= 0.6 is 23.1 Å². The van der Waals surface area contributed by atoms with Crippen molar-refractivity contribution in [3.63, 3.8) is 0 Å². The molecule has 0 radical (unpaired) electrons. The predicted molar refractivity (Wildman–Crippen MR) is 80.4 cm³/mol. The number of hydrogen-bond acceptors (Lipinski definition) is 4. The van der Waals surface area contributed by atoms with Crippen molar-refractivity contribution < 1.29 is 0 Å². The molecular formula is C13H24N2S2. The van der Waals surface area contributed by atoms with Gasteiger partial charge in [0, 0.05) is 23.1 Å². The van der Waals surface area contributed by atoms with Gasteiger partial charge in [-0.15, -0.1) is 11.3 Å². The molecule has 17 heavy (non-hydrogen) atoms. The van der Waals surface area contributed by atoms with Crippen LogP contribution in [0, 0.1) is 13.8 Å². The highest BCUT2D eigenvalue weighted by atomic mass is 32.2. The third-order valence-electron chi connectivity index (χ3n) is 2.65. The zero-order chi connectivity index (χ0) is 12.7. The molecule has 2 nitrogen and oxygen atoms in total. The molecule has 1 aromatic heterocycles. The van der Waals surface area contributed by atoms with Crippen LogP contribution in [0.15, 0.2) is 0 Å². The number of aromatic nitrogens is 1. The van der Waals surface area contributed by atoms with Crippen LogP contribution in [0.25, 0.3) is 0 Å². The van der Waals surface area contributed by atoms with Gasteiger partial charge in [-0.05, 0) is 32.6 Å². The van der Waals surface area contributed by atoms with E-state index >= 15 is 0 Å². The van der Waals surface area contributed by atoms with Crippen molar-refractivity contribution in [3.05, 3.63) is 15.6 Å². The first kappa shape index (κ1) is 15.0. The Morgan fingerprint density at radius 1 is 1.35 bits per heavy atom. The minimum Gasteiger partial charge on any atom is -0.313 e.